The van der Waals surface area contributed by atoms with Crippen LogP contribution in [-0.2, 0) is 9.53 Å². The van der Waals surface area contributed by atoms with Gasteiger partial charge in [0.15, 0.2) is 11.5 Å². The van der Waals surface area contributed by atoms with Gasteiger partial charge in [0, 0.05) is 23.9 Å². The Kier molecular flexibility index (Phi) is 5.68. The molecular weight excluding hydrogens is 350 g/mol. The molecule has 8 nitrogen and oxygen atoms in total. The smallest absolute Gasteiger partial charge is 0.258 e. The molecule has 0 unspecified atom stereocenters. The number of hydrogen-bond acceptors (Lipinski definition) is 7. The first-order valence-electron chi connectivity index (χ1n) is 8.10. The lowest BCUT2D eigenvalue weighted by Gasteiger charge is -2.07. The molecule has 0 fully saturated rings. The van der Waals surface area contributed by atoms with Crippen LogP contribution in [0.15, 0.2) is 47.0 Å². The van der Waals surface area contributed by atoms with Crippen molar-refractivity contribution in [2.45, 2.75) is 0 Å². The minimum Gasteiger partial charge on any atom is -0.493 e. The molecule has 1 aromatic heterocycles. The zero-order valence-electron chi connectivity index (χ0n) is 15.2. The maximum absolute atomic E-state index is 11.7. The molecule has 3 rings (SSSR count). The van der Waals surface area contributed by atoms with Gasteiger partial charge >= 0.3 is 0 Å². The molecule has 27 heavy (non-hydrogen) atoms. The summed E-state index contributed by atoms with van der Waals surface area (Å²) in [5.41, 5.74) is 2.03. The fourth-order valence-electron chi connectivity index (χ4n) is 2.49. The molecule has 3 aromatic rings. The van der Waals surface area contributed by atoms with Gasteiger partial charge < -0.3 is 24.1 Å². The maximum atomic E-state index is 11.7. The number of nitrogens with zero attached hydrogens (tertiary/aromatic N) is 2. The zero-order chi connectivity index (χ0) is 19.2. The van der Waals surface area contributed by atoms with E-state index in [1.807, 2.05) is 12.1 Å². The third-order valence-corrected chi connectivity index (χ3v) is 3.74. The van der Waals surface area contributed by atoms with Crippen LogP contribution in [0.2, 0.25) is 0 Å². The molecule has 140 valence electrons. The van der Waals surface area contributed by atoms with E-state index in [-0.39, 0.29) is 12.5 Å². The van der Waals surface area contributed by atoms with Gasteiger partial charge in [0.1, 0.15) is 6.61 Å². The number of aromatic nitrogens is 2. The van der Waals surface area contributed by atoms with Gasteiger partial charge in [-0.1, -0.05) is 11.2 Å². The van der Waals surface area contributed by atoms with Crippen molar-refractivity contribution in [3.05, 3.63) is 42.5 Å². The molecule has 0 atom stereocenters. The maximum Gasteiger partial charge on any atom is 0.258 e. The number of methoxy groups -OCH3 is 3. The van der Waals surface area contributed by atoms with Gasteiger partial charge in [0.05, 0.1) is 14.2 Å². The second-order valence-electron chi connectivity index (χ2n) is 5.55. The SMILES string of the molecule is COCC(=O)Nc1cccc(-c2nc(-c3ccc(OC)c(OC)c3)no2)c1. The Bertz CT molecular complexity index is 939. The van der Waals surface area contributed by atoms with Crippen molar-refractivity contribution in [2.75, 3.05) is 33.3 Å². The summed E-state index contributed by atoms with van der Waals surface area (Å²) in [6, 6.07) is 12.5. The van der Waals surface area contributed by atoms with Crippen LogP contribution < -0.4 is 14.8 Å². The second-order valence-corrected chi connectivity index (χ2v) is 5.55. The van der Waals surface area contributed by atoms with E-state index in [1.165, 1.54) is 7.11 Å². The first-order chi connectivity index (χ1) is 13.1. The van der Waals surface area contributed by atoms with Crippen LogP contribution in [0.4, 0.5) is 5.69 Å². The summed E-state index contributed by atoms with van der Waals surface area (Å²) in [5.74, 6) is 1.70. The van der Waals surface area contributed by atoms with Crippen molar-refractivity contribution in [3.63, 3.8) is 0 Å². The van der Waals surface area contributed by atoms with Gasteiger partial charge in [-0.2, -0.15) is 4.98 Å². The Balaban J connectivity index is 1.85. The van der Waals surface area contributed by atoms with Crippen molar-refractivity contribution in [1.82, 2.24) is 10.1 Å². The van der Waals surface area contributed by atoms with Crippen LogP contribution in [0.3, 0.4) is 0 Å². The van der Waals surface area contributed by atoms with Gasteiger partial charge in [0.2, 0.25) is 11.7 Å². The van der Waals surface area contributed by atoms with E-state index >= 15 is 0 Å². The summed E-state index contributed by atoms with van der Waals surface area (Å²) < 4.78 is 20.7. The van der Waals surface area contributed by atoms with E-state index in [1.54, 1.807) is 44.6 Å². The fourth-order valence-corrected chi connectivity index (χ4v) is 2.49. The number of amides is 1. The average molecular weight is 369 g/mol. The molecule has 0 spiro atoms. The summed E-state index contributed by atoms with van der Waals surface area (Å²) in [6.07, 6.45) is 0. The summed E-state index contributed by atoms with van der Waals surface area (Å²) in [4.78, 5) is 16.1. The van der Waals surface area contributed by atoms with E-state index < -0.39 is 0 Å². The van der Waals surface area contributed by atoms with Crippen LogP contribution in [0.1, 0.15) is 0 Å². The monoisotopic (exact) mass is 369 g/mol. The number of carbonyl (C=O) groups excluding carboxylic acids is 1. The van der Waals surface area contributed by atoms with E-state index in [2.05, 4.69) is 15.5 Å². The molecule has 0 aliphatic rings. The number of ether oxygens (including phenoxy) is 3. The lowest BCUT2D eigenvalue weighted by atomic mass is 10.2. The molecule has 0 aliphatic heterocycles. The van der Waals surface area contributed by atoms with Gasteiger partial charge in [-0.05, 0) is 36.4 Å². The Morgan fingerprint density at radius 1 is 1.04 bits per heavy atom. The number of nitrogens with one attached hydrogen (secondary N) is 1. The standard InChI is InChI=1S/C19H19N3O5/c1-24-11-17(23)20-14-6-4-5-13(9-14)19-21-18(22-27-19)12-7-8-15(25-2)16(10-12)26-3/h4-10H,11H2,1-3H3,(H,20,23). The van der Waals surface area contributed by atoms with E-state index in [4.69, 9.17) is 18.7 Å². The lowest BCUT2D eigenvalue weighted by Crippen LogP contribution is -2.16. The van der Waals surface area contributed by atoms with Crippen molar-refractivity contribution in [3.8, 4) is 34.3 Å². The van der Waals surface area contributed by atoms with E-state index in [9.17, 15) is 4.79 Å². The molecule has 1 N–H and O–H groups in total. The summed E-state index contributed by atoms with van der Waals surface area (Å²) in [5, 5.41) is 6.76. The van der Waals surface area contributed by atoms with Gasteiger partial charge in [-0.3, -0.25) is 4.79 Å². The van der Waals surface area contributed by atoms with Gasteiger partial charge in [-0.25, -0.2) is 0 Å². The van der Waals surface area contributed by atoms with Crippen LogP contribution in [-0.4, -0.2) is 44.0 Å². The molecule has 1 amide bonds. The summed E-state index contributed by atoms with van der Waals surface area (Å²) >= 11 is 0. The third-order valence-electron chi connectivity index (χ3n) is 3.74. The molecule has 8 heteroatoms. The topological polar surface area (TPSA) is 95.7 Å². The molecule has 0 saturated heterocycles. The Hall–Kier alpha value is -3.39. The minimum absolute atomic E-state index is 0.0196. The molecule has 2 aromatic carbocycles. The Labute approximate surface area is 156 Å². The van der Waals surface area contributed by atoms with Gasteiger partial charge in [-0.15, -0.1) is 0 Å². The summed E-state index contributed by atoms with van der Waals surface area (Å²) in [6.45, 7) is -0.0196. The highest BCUT2D eigenvalue weighted by Crippen LogP contribution is 2.32. The largest absolute Gasteiger partial charge is 0.493 e. The third kappa shape index (κ3) is 4.24. The predicted molar refractivity (Wildman–Crippen MR) is 98.8 cm³/mol. The first-order valence-corrected chi connectivity index (χ1v) is 8.10. The number of rotatable bonds is 7. The second kappa shape index (κ2) is 8.33. The predicted octanol–water partition coefficient (Wildman–Crippen LogP) is 3.01. The van der Waals surface area contributed by atoms with Crippen LogP contribution in [0.5, 0.6) is 11.5 Å². The number of benzene rings is 2. The minimum atomic E-state index is -0.244. The average Bonchev–Trinajstić information content (AvgIpc) is 3.18. The molecule has 0 radical (unpaired) electrons. The number of anilines is 1. The van der Waals surface area contributed by atoms with E-state index in [0.717, 1.165) is 5.56 Å². The van der Waals surface area contributed by atoms with Gasteiger partial charge in [0.25, 0.3) is 5.89 Å². The van der Waals surface area contributed by atoms with Crippen LogP contribution in [0.25, 0.3) is 22.8 Å². The molecule has 0 bridgehead atoms. The molecule has 0 aliphatic carbocycles. The van der Waals surface area contributed by atoms with E-state index in [0.29, 0.717) is 34.5 Å². The lowest BCUT2D eigenvalue weighted by molar-refractivity contribution is -0.119. The Morgan fingerprint density at radius 3 is 2.59 bits per heavy atom. The fraction of sp³-hybridized carbons (Fsp3) is 0.211. The first kappa shape index (κ1) is 18.4. The normalized spacial score (nSPS) is 10.5. The highest BCUT2D eigenvalue weighted by molar-refractivity contribution is 5.92. The van der Waals surface area contributed by atoms with Crippen molar-refractivity contribution < 1.29 is 23.5 Å². The van der Waals surface area contributed by atoms with Crippen LogP contribution >= 0.6 is 0 Å². The molecule has 1 heterocycles. The molecular formula is C19H19N3O5. The van der Waals surface area contributed by atoms with Crippen molar-refractivity contribution in [1.29, 1.82) is 0 Å². The zero-order valence-corrected chi connectivity index (χ0v) is 15.2. The van der Waals surface area contributed by atoms with Crippen LogP contribution in [0, 0.1) is 0 Å². The van der Waals surface area contributed by atoms with Crippen molar-refractivity contribution in [2.24, 2.45) is 0 Å². The quantitative estimate of drug-likeness (QED) is 0.684. The number of hydrogen-bond donors (Lipinski definition) is 1. The molecule has 0 saturated carbocycles. The highest BCUT2D eigenvalue weighted by atomic mass is 16.5. The van der Waals surface area contributed by atoms with Crippen molar-refractivity contribution >= 4 is 11.6 Å². The number of carbonyl (C=O) groups is 1. The Morgan fingerprint density at radius 2 is 1.85 bits per heavy atom. The highest BCUT2D eigenvalue weighted by Gasteiger charge is 2.14. The summed E-state index contributed by atoms with van der Waals surface area (Å²) in [7, 11) is 4.60.